The zero-order valence-electron chi connectivity index (χ0n) is 21.7. The monoisotopic (exact) mass is 579 g/mol. The number of nitrogens with one attached hydrogen (secondary N) is 1. The van der Waals surface area contributed by atoms with Crippen LogP contribution in [0.4, 0.5) is 4.39 Å². The van der Waals surface area contributed by atoms with Gasteiger partial charge in [0.1, 0.15) is 17.4 Å². The number of carbonyl (C=O) groups is 2. The van der Waals surface area contributed by atoms with Crippen molar-refractivity contribution in [1.29, 1.82) is 0 Å². The lowest BCUT2D eigenvalue weighted by atomic mass is 9.92. The number of benzene rings is 1. The Morgan fingerprint density at radius 1 is 1.29 bits per heavy atom. The summed E-state index contributed by atoms with van der Waals surface area (Å²) < 4.78 is 14.7. The summed E-state index contributed by atoms with van der Waals surface area (Å²) in [5, 5.41) is 13.9. The second-order valence-corrected chi connectivity index (χ2v) is 12.0. The van der Waals surface area contributed by atoms with Crippen molar-refractivity contribution < 1.29 is 19.1 Å². The number of fused-ring (bicyclic) bond motifs is 1. The Balaban J connectivity index is 1.79. The molecule has 2 fully saturated rings. The van der Waals surface area contributed by atoms with Gasteiger partial charge in [0.2, 0.25) is 0 Å². The molecule has 0 aromatic heterocycles. The van der Waals surface area contributed by atoms with Crippen LogP contribution < -0.4 is 5.32 Å². The molecule has 3 heterocycles. The molecular formula is C28H32Cl2FN3O3S. The highest BCUT2D eigenvalue weighted by atomic mass is 35.5. The molecule has 3 aliphatic rings. The van der Waals surface area contributed by atoms with Crippen molar-refractivity contribution in [3.8, 4) is 0 Å². The molecule has 204 valence electrons. The molecule has 3 aliphatic heterocycles. The van der Waals surface area contributed by atoms with E-state index in [1.54, 1.807) is 18.2 Å². The van der Waals surface area contributed by atoms with E-state index in [2.05, 4.69) is 16.8 Å². The normalized spacial score (nSPS) is 27.7. The van der Waals surface area contributed by atoms with Crippen LogP contribution in [-0.2, 0) is 9.59 Å². The fourth-order valence-corrected chi connectivity index (χ4v) is 7.08. The summed E-state index contributed by atoms with van der Waals surface area (Å²) in [5.74, 6) is -1.86. The predicted octanol–water partition coefficient (Wildman–Crippen LogP) is 6.41. The third-order valence-electron chi connectivity index (χ3n) is 7.28. The summed E-state index contributed by atoms with van der Waals surface area (Å²) in [4.78, 5) is 29.9. The van der Waals surface area contributed by atoms with Crippen LogP contribution in [0.2, 0.25) is 5.02 Å². The van der Waals surface area contributed by atoms with Gasteiger partial charge >= 0.3 is 5.97 Å². The molecule has 1 aromatic rings. The number of amides is 1. The first-order chi connectivity index (χ1) is 18.0. The molecule has 1 amide bonds. The van der Waals surface area contributed by atoms with Gasteiger partial charge in [0.05, 0.1) is 22.0 Å². The van der Waals surface area contributed by atoms with Crippen molar-refractivity contribution in [2.75, 3.05) is 0 Å². The second kappa shape index (κ2) is 11.5. The van der Waals surface area contributed by atoms with Crippen molar-refractivity contribution in [2.45, 2.75) is 70.2 Å². The number of aliphatic carboxylic acids is 1. The number of carbonyl (C=O) groups excluding carboxylic acids is 1. The lowest BCUT2D eigenvalue weighted by Crippen LogP contribution is -2.44. The minimum atomic E-state index is -0.992. The molecule has 0 bridgehead atoms. The molecule has 5 atom stereocenters. The molecule has 2 saturated heterocycles. The van der Waals surface area contributed by atoms with Crippen LogP contribution in [0, 0.1) is 11.7 Å². The smallest absolute Gasteiger partial charge is 0.326 e. The van der Waals surface area contributed by atoms with E-state index < -0.39 is 23.9 Å². The van der Waals surface area contributed by atoms with Gasteiger partial charge in [-0.3, -0.25) is 10.1 Å². The van der Waals surface area contributed by atoms with Gasteiger partial charge in [-0.2, -0.15) is 0 Å². The number of nitrogens with zero attached hydrogens (tertiary/aromatic N) is 2. The number of likely N-dealkylation sites (tertiary alicyclic amines) is 1. The third kappa shape index (κ3) is 5.28. The first-order valence-corrected chi connectivity index (χ1v) is 14.2. The molecule has 0 radical (unpaired) electrons. The Bertz CT molecular complexity index is 1250. The maximum absolute atomic E-state index is 14.7. The minimum Gasteiger partial charge on any atom is -0.480 e. The number of allylic oxidation sites excluding steroid dienone is 4. The van der Waals surface area contributed by atoms with Gasteiger partial charge in [-0.1, -0.05) is 73.6 Å². The van der Waals surface area contributed by atoms with Crippen LogP contribution >= 0.6 is 35.0 Å². The van der Waals surface area contributed by atoms with E-state index in [0.29, 0.717) is 28.3 Å². The van der Waals surface area contributed by atoms with Crippen LogP contribution in [0.15, 0.2) is 64.2 Å². The van der Waals surface area contributed by atoms with E-state index in [0.717, 1.165) is 11.3 Å². The summed E-state index contributed by atoms with van der Waals surface area (Å²) in [5.41, 5.74) is 1.90. The van der Waals surface area contributed by atoms with Crippen molar-refractivity contribution >= 4 is 46.8 Å². The quantitative estimate of drug-likeness (QED) is 0.363. The number of carboxylic acid groups (broad SMARTS) is 1. The Kier molecular flexibility index (Phi) is 8.67. The summed E-state index contributed by atoms with van der Waals surface area (Å²) in [6.45, 7) is 12.0. The first-order valence-electron chi connectivity index (χ1n) is 12.6. The highest BCUT2D eigenvalue weighted by Gasteiger charge is 2.52. The number of hydrogen-bond acceptors (Lipinski definition) is 5. The average molecular weight is 581 g/mol. The number of thioether (sulfide) groups is 1. The lowest BCUT2D eigenvalue weighted by molar-refractivity contribution is -0.147. The molecule has 10 heteroatoms. The van der Waals surface area contributed by atoms with E-state index in [9.17, 15) is 19.1 Å². The molecule has 0 spiro atoms. The highest BCUT2D eigenvalue weighted by Crippen LogP contribution is 2.52. The molecule has 0 aliphatic carbocycles. The van der Waals surface area contributed by atoms with Gasteiger partial charge in [-0.15, -0.1) is 0 Å². The Morgan fingerprint density at radius 3 is 2.61 bits per heavy atom. The van der Waals surface area contributed by atoms with E-state index in [-0.39, 0.29) is 34.4 Å². The predicted molar refractivity (Wildman–Crippen MR) is 151 cm³/mol. The van der Waals surface area contributed by atoms with E-state index in [1.807, 2.05) is 33.8 Å². The summed E-state index contributed by atoms with van der Waals surface area (Å²) in [7, 11) is 0. The van der Waals surface area contributed by atoms with Gasteiger partial charge in [0.15, 0.2) is 0 Å². The van der Waals surface area contributed by atoms with Gasteiger partial charge in [-0.25, -0.2) is 9.18 Å². The van der Waals surface area contributed by atoms with Crippen molar-refractivity contribution in [1.82, 2.24) is 15.1 Å². The van der Waals surface area contributed by atoms with E-state index in [1.165, 1.54) is 28.8 Å². The van der Waals surface area contributed by atoms with Gasteiger partial charge in [-0.05, 0) is 62.0 Å². The number of rotatable bonds is 7. The van der Waals surface area contributed by atoms with Gasteiger partial charge < -0.3 is 14.9 Å². The maximum atomic E-state index is 14.7. The Morgan fingerprint density at radius 2 is 2.00 bits per heavy atom. The molecule has 2 N–H and O–H groups in total. The van der Waals surface area contributed by atoms with Gasteiger partial charge in [0.25, 0.3) is 5.91 Å². The molecule has 1 aromatic carbocycles. The average Bonchev–Trinajstić information content (AvgIpc) is 3.54. The molecule has 0 saturated carbocycles. The first kappa shape index (κ1) is 28.7. The van der Waals surface area contributed by atoms with E-state index >= 15 is 0 Å². The number of carboxylic acids is 1. The van der Waals surface area contributed by atoms with Crippen LogP contribution in [0.5, 0.6) is 0 Å². The number of hydrogen-bond donors (Lipinski definition) is 2. The van der Waals surface area contributed by atoms with Crippen LogP contribution in [0.1, 0.15) is 52.1 Å². The fourth-order valence-electron chi connectivity index (χ4n) is 5.44. The SMILES string of the molecule is C=C(/C=C\C(Cl)=C/C)C1NC2SC(C(=O)N3C(C(=O)O)CC[C@H]3C)=C(C(C)C)N2C1c1ccc(Cl)c(F)c1. The molecular weight excluding hydrogens is 548 g/mol. The Hall–Kier alpha value is -2.26. The van der Waals surface area contributed by atoms with Crippen LogP contribution in [-0.4, -0.2) is 50.4 Å². The standard InChI is InChI=1S/C28H32Cl2FN3O3S/c1-6-18(29)10-7-15(4)22-24(17-9-11-19(30)20(31)13-17)34-23(14(2)3)25(38-28(34)32-22)26(35)33-16(5)8-12-21(33)27(36)37/h6-7,9-11,13-14,16,21-22,24,28,32H,4,8,12H2,1-3,5H3,(H,36,37)/b10-7-,18-6+/t16-,21?,22?,24?,28?/m1/s1. The fraction of sp³-hybridized carbons (Fsp3) is 0.429. The second-order valence-electron chi connectivity index (χ2n) is 10.1. The van der Waals surface area contributed by atoms with Crippen molar-refractivity contribution in [3.63, 3.8) is 0 Å². The van der Waals surface area contributed by atoms with E-state index in [4.69, 9.17) is 23.2 Å². The zero-order valence-corrected chi connectivity index (χ0v) is 24.1. The Labute approximate surface area is 237 Å². The summed E-state index contributed by atoms with van der Waals surface area (Å²) >= 11 is 13.5. The zero-order chi connectivity index (χ0) is 27.9. The topological polar surface area (TPSA) is 72.9 Å². The van der Waals surface area contributed by atoms with Crippen molar-refractivity contribution in [3.05, 3.63) is 80.6 Å². The van der Waals surface area contributed by atoms with Crippen LogP contribution in [0.25, 0.3) is 0 Å². The molecule has 6 nitrogen and oxygen atoms in total. The maximum Gasteiger partial charge on any atom is 0.326 e. The van der Waals surface area contributed by atoms with Crippen molar-refractivity contribution in [2.24, 2.45) is 5.92 Å². The molecule has 38 heavy (non-hydrogen) atoms. The summed E-state index contributed by atoms with van der Waals surface area (Å²) in [6.07, 6.45) is 6.43. The highest BCUT2D eigenvalue weighted by molar-refractivity contribution is 8.04. The third-order valence-corrected chi connectivity index (χ3v) is 9.13. The van der Waals surface area contributed by atoms with Gasteiger partial charge in [0, 0.05) is 16.8 Å². The van der Waals surface area contributed by atoms with Crippen LogP contribution in [0.3, 0.4) is 0 Å². The molecule has 4 unspecified atom stereocenters. The largest absolute Gasteiger partial charge is 0.480 e. The minimum absolute atomic E-state index is 0.0282. The summed E-state index contributed by atoms with van der Waals surface area (Å²) in [6, 6.07) is 3.01. The number of halogens is 3. The lowest BCUT2D eigenvalue weighted by Gasteiger charge is -2.33. The molecule has 4 rings (SSSR count).